The molecule has 3 heteroatoms. The Kier molecular flexibility index (Phi) is 5.98. The zero-order chi connectivity index (χ0) is 31.7. The molecule has 0 saturated heterocycles. The van der Waals surface area contributed by atoms with Gasteiger partial charge in [0, 0.05) is 45.3 Å². The molecule has 48 heavy (non-hydrogen) atoms. The standard InChI is InChI=1S/C45H32N2O/c1-2-13-29(14-3-1)30-25-27-31(28-26-30)43-34-16-5-9-22-39(34)46-44(47-43)35-18-12-17-33-32-15-4-6-19-36(32)45(42(33)35)37-20-7-10-23-40(37)48-41-24-11-8-21-38(41)45/h1-28,32,36,44,46H. The molecule has 6 aromatic carbocycles. The van der Waals surface area contributed by atoms with Crippen molar-refractivity contribution in [1.82, 2.24) is 0 Å². The van der Waals surface area contributed by atoms with Gasteiger partial charge in [-0.3, -0.25) is 4.99 Å². The summed E-state index contributed by atoms with van der Waals surface area (Å²) in [6.07, 6.45) is 8.94. The van der Waals surface area contributed by atoms with Crippen molar-refractivity contribution in [1.29, 1.82) is 0 Å². The number of nitrogens with zero attached hydrogens (tertiary/aromatic N) is 1. The maximum atomic E-state index is 6.62. The Morgan fingerprint density at radius 2 is 1.17 bits per heavy atom. The topological polar surface area (TPSA) is 33.6 Å². The molecule has 0 bridgehead atoms. The highest BCUT2D eigenvalue weighted by molar-refractivity contribution is 6.17. The molecule has 2 heterocycles. The van der Waals surface area contributed by atoms with Crippen molar-refractivity contribution in [2.75, 3.05) is 5.32 Å². The maximum absolute atomic E-state index is 6.62. The average Bonchev–Trinajstić information content (AvgIpc) is 3.46. The molecule has 0 fully saturated rings. The molecule has 4 aliphatic rings. The summed E-state index contributed by atoms with van der Waals surface area (Å²) in [6, 6.07) is 52.0. The van der Waals surface area contributed by atoms with Crippen LogP contribution in [0.3, 0.4) is 0 Å². The van der Waals surface area contributed by atoms with Crippen LogP contribution in [0.25, 0.3) is 11.1 Å². The lowest BCUT2D eigenvalue weighted by molar-refractivity contribution is 0.372. The van der Waals surface area contributed by atoms with E-state index in [1.165, 1.54) is 38.9 Å². The Bertz CT molecular complexity index is 2270. The van der Waals surface area contributed by atoms with Crippen LogP contribution in [-0.2, 0) is 5.41 Å². The van der Waals surface area contributed by atoms with E-state index in [0.717, 1.165) is 34.0 Å². The van der Waals surface area contributed by atoms with Gasteiger partial charge >= 0.3 is 0 Å². The van der Waals surface area contributed by atoms with Crippen molar-refractivity contribution in [3.63, 3.8) is 0 Å². The van der Waals surface area contributed by atoms with Gasteiger partial charge < -0.3 is 10.1 Å². The van der Waals surface area contributed by atoms with E-state index >= 15 is 0 Å². The number of hydrogen-bond donors (Lipinski definition) is 1. The van der Waals surface area contributed by atoms with Crippen molar-refractivity contribution in [2.45, 2.75) is 17.5 Å². The zero-order valence-electron chi connectivity index (χ0n) is 26.3. The minimum atomic E-state index is -0.449. The van der Waals surface area contributed by atoms with Crippen LogP contribution in [-0.4, -0.2) is 5.71 Å². The van der Waals surface area contributed by atoms with E-state index in [-0.39, 0.29) is 18.0 Å². The number of anilines is 1. The van der Waals surface area contributed by atoms with E-state index in [0.29, 0.717) is 0 Å². The zero-order valence-corrected chi connectivity index (χ0v) is 26.3. The number of aliphatic imine (C=N–C) groups is 1. The summed E-state index contributed by atoms with van der Waals surface area (Å²) in [4.78, 5) is 5.59. The molecule has 1 N–H and O–H groups in total. The molecule has 2 aliphatic heterocycles. The van der Waals surface area contributed by atoms with Crippen molar-refractivity contribution in [3.05, 3.63) is 209 Å². The van der Waals surface area contributed by atoms with Crippen molar-refractivity contribution in [2.24, 2.45) is 10.9 Å². The number of para-hydroxylation sites is 3. The lowest BCUT2D eigenvalue weighted by Crippen LogP contribution is -2.38. The molecule has 10 rings (SSSR count). The van der Waals surface area contributed by atoms with Crippen LogP contribution < -0.4 is 10.1 Å². The predicted molar refractivity (Wildman–Crippen MR) is 194 cm³/mol. The van der Waals surface area contributed by atoms with Crippen molar-refractivity contribution in [3.8, 4) is 22.6 Å². The normalized spacial score (nSPS) is 20.3. The summed E-state index contributed by atoms with van der Waals surface area (Å²) >= 11 is 0. The molecule has 3 unspecified atom stereocenters. The van der Waals surface area contributed by atoms with Gasteiger partial charge in [0.05, 0.1) is 11.1 Å². The SMILES string of the molecule is C1=CC2c3cccc(C4N=C(c5ccc(-c6ccccc6)cc5)c5ccccc5N4)c3C3(c4ccccc4Oc4ccccc43)C2C=C1. The first kappa shape index (κ1) is 27.2. The van der Waals surface area contributed by atoms with Gasteiger partial charge in [0.2, 0.25) is 0 Å². The van der Waals surface area contributed by atoms with E-state index in [9.17, 15) is 0 Å². The van der Waals surface area contributed by atoms with E-state index in [2.05, 4.69) is 175 Å². The third kappa shape index (κ3) is 3.85. The van der Waals surface area contributed by atoms with E-state index in [1.54, 1.807) is 0 Å². The summed E-state index contributed by atoms with van der Waals surface area (Å²) < 4.78 is 6.62. The predicted octanol–water partition coefficient (Wildman–Crippen LogP) is 10.6. The van der Waals surface area contributed by atoms with Crippen LogP contribution in [0.4, 0.5) is 5.69 Å². The van der Waals surface area contributed by atoms with Crippen LogP contribution >= 0.6 is 0 Å². The van der Waals surface area contributed by atoms with Crippen LogP contribution in [0.2, 0.25) is 0 Å². The Labute approximate surface area is 280 Å². The highest BCUT2D eigenvalue weighted by Gasteiger charge is 2.58. The highest BCUT2D eigenvalue weighted by Crippen LogP contribution is 2.65. The number of nitrogens with one attached hydrogen (secondary N) is 1. The minimum absolute atomic E-state index is 0.190. The molecule has 1 spiro atoms. The summed E-state index contributed by atoms with van der Waals surface area (Å²) in [6.45, 7) is 0. The number of hydrogen-bond acceptors (Lipinski definition) is 3. The van der Waals surface area contributed by atoms with E-state index < -0.39 is 5.41 Å². The van der Waals surface area contributed by atoms with Crippen LogP contribution in [0, 0.1) is 5.92 Å². The third-order valence-corrected chi connectivity index (χ3v) is 10.7. The average molecular weight is 617 g/mol. The Balaban J connectivity index is 1.20. The van der Waals surface area contributed by atoms with Gasteiger partial charge in [-0.1, -0.05) is 152 Å². The van der Waals surface area contributed by atoms with E-state index in [1.807, 2.05) is 0 Å². The first-order valence-corrected chi connectivity index (χ1v) is 16.8. The van der Waals surface area contributed by atoms with E-state index in [4.69, 9.17) is 9.73 Å². The summed E-state index contributed by atoms with van der Waals surface area (Å²) in [5.74, 6) is 2.26. The quantitative estimate of drug-likeness (QED) is 0.215. The molecule has 0 amide bonds. The highest BCUT2D eigenvalue weighted by atomic mass is 16.5. The van der Waals surface area contributed by atoms with Gasteiger partial charge in [-0.15, -0.1) is 0 Å². The van der Waals surface area contributed by atoms with Gasteiger partial charge in [-0.2, -0.15) is 0 Å². The molecule has 0 saturated carbocycles. The van der Waals surface area contributed by atoms with Gasteiger partial charge in [-0.05, 0) is 40.5 Å². The summed E-state index contributed by atoms with van der Waals surface area (Å²) in [7, 11) is 0. The van der Waals surface area contributed by atoms with Gasteiger partial charge in [0.25, 0.3) is 0 Å². The Morgan fingerprint density at radius 1 is 0.542 bits per heavy atom. The van der Waals surface area contributed by atoms with Gasteiger partial charge in [0.15, 0.2) is 0 Å². The third-order valence-electron chi connectivity index (χ3n) is 10.7. The number of allylic oxidation sites excluding steroid dienone is 4. The molecule has 3 nitrogen and oxygen atoms in total. The molecular formula is C45H32N2O. The largest absolute Gasteiger partial charge is 0.457 e. The lowest BCUT2D eigenvalue weighted by atomic mass is 9.61. The fraction of sp³-hybridized carbons (Fsp3) is 0.0889. The lowest BCUT2D eigenvalue weighted by Gasteiger charge is -2.44. The van der Waals surface area contributed by atoms with Gasteiger partial charge in [0.1, 0.15) is 17.7 Å². The number of ether oxygens (including phenoxy) is 1. The van der Waals surface area contributed by atoms with Crippen LogP contribution in [0.15, 0.2) is 175 Å². The smallest absolute Gasteiger partial charge is 0.145 e. The first-order chi connectivity index (χ1) is 23.8. The molecule has 3 atom stereocenters. The monoisotopic (exact) mass is 616 g/mol. The second-order valence-electron chi connectivity index (χ2n) is 13.0. The summed E-state index contributed by atoms with van der Waals surface area (Å²) in [5, 5.41) is 3.88. The molecule has 0 aromatic heterocycles. The van der Waals surface area contributed by atoms with Crippen LogP contribution in [0.5, 0.6) is 11.5 Å². The Hall–Kier alpha value is -5.93. The number of fused-ring (bicyclic) bond motifs is 10. The fourth-order valence-electron chi connectivity index (χ4n) is 8.71. The minimum Gasteiger partial charge on any atom is -0.457 e. The second kappa shape index (κ2) is 10.5. The van der Waals surface area contributed by atoms with Crippen molar-refractivity contribution < 1.29 is 4.74 Å². The van der Waals surface area contributed by atoms with Gasteiger partial charge in [-0.25, -0.2) is 0 Å². The van der Waals surface area contributed by atoms with Crippen molar-refractivity contribution >= 4 is 11.4 Å². The maximum Gasteiger partial charge on any atom is 0.145 e. The molecule has 228 valence electrons. The second-order valence-corrected chi connectivity index (χ2v) is 13.0. The number of rotatable bonds is 3. The Morgan fingerprint density at radius 3 is 1.96 bits per heavy atom. The molecule has 2 aliphatic carbocycles. The fourth-order valence-corrected chi connectivity index (χ4v) is 8.71. The first-order valence-electron chi connectivity index (χ1n) is 16.8. The number of benzene rings is 6. The van der Waals surface area contributed by atoms with Crippen LogP contribution in [0.1, 0.15) is 51.0 Å². The molecular weight excluding hydrogens is 585 g/mol. The molecule has 6 aromatic rings. The molecule has 0 radical (unpaired) electrons. The summed E-state index contributed by atoms with van der Waals surface area (Å²) in [5.41, 5.74) is 12.6.